The summed E-state index contributed by atoms with van der Waals surface area (Å²) < 4.78 is 6.38. The van der Waals surface area contributed by atoms with E-state index in [1.807, 2.05) is 19.1 Å². The molecule has 86 valence electrons. The summed E-state index contributed by atoms with van der Waals surface area (Å²) in [6.07, 6.45) is 0. The lowest BCUT2D eigenvalue weighted by molar-refractivity contribution is 0.460. The monoisotopic (exact) mass is 244 g/mol. The summed E-state index contributed by atoms with van der Waals surface area (Å²) in [4.78, 5) is 1.08. The van der Waals surface area contributed by atoms with Crippen LogP contribution in [0.2, 0.25) is 0 Å². The van der Waals surface area contributed by atoms with Crippen molar-refractivity contribution in [2.45, 2.75) is 13.8 Å². The fraction of sp³-hybridized carbons (Fsp3) is 0.154. The zero-order valence-electron chi connectivity index (χ0n) is 9.65. The summed E-state index contributed by atoms with van der Waals surface area (Å²) in [7, 11) is 0. The van der Waals surface area contributed by atoms with Gasteiger partial charge in [-0.25, -0.2) is 0 Å². The second-order valence-electron chi connectivity index (χ2n) is 4.08. The molecular weight excluding hydrogens is 232 g/mol. The zero-order chi connectivity index (χ0) is 12.0. The van der Waals surface area contributed by atoms with E-state index in [9.17, 15) is 0 Å². The van der Waals surface area contributed by atoms with Gasteiger partial charge in [0.25, 0.3) is 0 Å². The highest BCUT2D eigenvalue weighted by atomic mass is 32.1. The Morgan fingerprint density at radius 1 is 1.24 bits per heavy atom. The molecule has 0 radical (unpaired) electrons. The summed E-state index contributed by atoms with van der Waals surface area (Å²) in [5, 5.41) is 4.14. The molecule has 0 aliphatic heterocycles. The number of aromatic nitrogens is 1. The Bertz CT molecular complexity index is 697. The third-order valence-corrected chi connectivity index (χ3v) is 4.04. The van der Waals surface area contributed by atoms with Crippen molar-refractivity contribution in [2.75, 3.05) is 5.73 Å². The maximum absolute atomic E-state index is 5.94. The summed E-state index contributed by atoms with van der Waals surface area (Å²) >= 11 is 1.63. The Morgan fingerprint density at radius 2 is 2.00 bits per heavy atom. The van der Waals surface area contributed by atoms with Crippen LogP contribution >= 0.6 is 11.3 Å². The van der Waals surface area contributed by atoms with Crippen LogP contribution in [0.1, 0.15) is 10.4 Å². The highest BCUT2D eigenvalue weighted by Gasteiger charge is 2.18. The van der Waals surface area contributed by atoms with Gasteiger partial charge in [-0.15, -0.1) is 11.3 Å². The SMILES string of the molecule is Cc1ccccc1-c1noc2c(N)c(C)sc12. The second-order valence-corrected chi connectivity index (χ2v) is 5.30. The summed E-state index contributed by atoms with van der Waals surface area (Å²) in [6, 6.07) is 8.15. The van der Waals surface area contributed by atoms with Crippen molar-refractivity contribution in [1.29, 1.82) is 0 Å². The van der Waals surface area contributed by atoms with Gasteiger partial charge in [-0.2, -0.15) is 0 Å². The van der Waals surface area contributed by atoms with Gasteiger partial charge in [0.05, 0.1) is 5.69 Å². The van der Waals surface area contributed by atoms with E-state index in [1.165, 1.54) is 5.56 Å². The van der Waals surface area contributed by atoms with Crippen molar-refractivity contribution < 1.29 is 4.52 Å². The van der Waals surface area contributed by atoms with E-state index in [-0.39, 0.29) is 0 Å². The first-order valence-electron chi connectivity index (χ1n) is 5.38. The van der Waals surface area contributed by atoms with Crippen molar-refractivity contribution in [3.63, 3.8) is 0 Å². The third-order valence-electron chi connectivity index (χ3n) is 2.93. The van der Waals surface area contributed by atoms with Crippen LogP contribution in [0.5, 0.6) is 0 Å². The predicted molar refractivity (Wildman–Crippen MR) is 71.2 cm³/mol. The summed E-state index contributed by atoms with van der Waals surface area (Å²) in [6.45, 7) is 4.07. The smallest absolute Gasteiger partial charge is 0.201 e. The van der Waals surface area contributed by atoms with Crippen LogP contribution in [-0.2, 0) is 0 Å². The van der Waals surface area contributed by atoms with Crippen LogP contribution in [0.25, 0.3) is 21.5 Å². The minimum Gasteiger partial charge on any atom is -0.395 e. The molecule has 0 bridgehead atoms. The van der Waals surface area contributed by atoms with E-state index in [1.54, 1.807) is 11.3 Å². The predicted octanol–water partition coefficient (Wildman–Crippen LogP) is 3.76. The van der Waals surface area contributed by atoms with Crippen molar-refractivity contribution in [3.8, 4) is 11.3 Å². The van der Waals surface area contributed by atoms with Gasteiger partial charge in [0, 0.05) is 10.4 Å². The number of hydrogen-bond donors (Lipinski definition) is 1. The van der Waals surface area contributed by atoms with E-state index < -0.39 is 0 Å². The largest absolute Gasteiger partial charge is 0.395 e. The molecule has 0 aliphatic rings. The first-order chi connectivity index (χ1) is 8.18. The van der Waals surface area contributed by atoms with Crippen molar-refractivity contribution in [1.82, 2.24) is 5.16 Å². The number of nitrogen functional groups attached to an aromatic ring is 1. The molecule has 4 heteroatoms. The Labute approximate surface area is 103 Å². The Balaban J connectivity index is 2.32. The molecule has 17 heavy (non-hydrogen) atoms. The van der Waals surface area contributed by atoms with Crippen LogP contribution in [-0.4, -0.2) is 5.16 Å². The fourth-order valence-corrected chi connectivity index (χ4v) is 2.92. The number of rotatable bonds is 1. The molecule has 0 unspecified atom stereocenters. The molecule has 0 saturated carbocycles. The van der Waals surface area contributed by atoms with Crippen LogP contribution < -0.4 is 5.73 Å². The number of fused-ring (bicyclic) bond motifs is 1. The van der Waals surface area contributed by atoms with Crippen LogP contribution in [0.15, 0.2) is 28.8 Å². The minimum atomic E-state index is 0.706. The molecule has 2 heterocycles. The molecule has 0 spiro atoms. The van der Waals surface area contributed by atoms with E-state index in [2.05, 4.69) is 24.2 Å². The number of aryl methyl sites for hydroxylation is 2. The Hall–Kier alpha value is -1.81. The molecule has 0 saturated heterocycles. The number of hydrogen-bond acceptors (Lipinski definition) is 4. The van der Waals surface area contributed by atoms with Gasteiger partial charge in [0.15, 0.2) is 0 Å². The normalized spacial score (nSPS) is 11.2. The summed E-state index contributed by atoms with van der Waals surface area (Å²) in [5.41, 5.74) is 10.5. The number of anilines is 1. The summed E-state index contributed by atoms with van der Waals surface area (Å²) in [5.74, 6) is 0. The molecule has 0 atom stereocenters. The highest BCUT2D eigenvalue weighted by molar-refractivity contribution is 7.20. The minimum absolute atomic E-state index is 0.706. The second kappa shape index (κ2) is 3.60. The molecular formula is C13H12N2OS. The van der Waals surface area contributed by atoms with Gasteiger partial charge in [-0.1, -0.05) is 29.4 Å². The molecule has 3 aromatic rings. The van der Waals surface area contributed by atoms with Crippen LogP contribution in [0.3, 0.4) is 0 Å². The van der Waals surface area contributed by atoms with E-state index in [0.717, 1.165) is 20.8 Å². The number of nitrogens with two attached hydrogens (primary N) is 1. The molecule has 1 aromatic carbocycles. The number of benzene rings is 1. The van der Waals surface area contributed by atoms with Gasteiger partial charge in [0.1, 0.15) is 10.4 Å². The zero-order valence-corrected chi connectivity index (χ0v) is 10.5. The molecule has 0 aliphatic carbocycles. The van der Waals surface area contributed by atoms with Gasteiger partial charge >= 0.3 is 0 Å². The van der Waals surface area contributed by atoms with Gasteiger partial charge in [-0.3, -0.25) is 0 Å². The first-order valence-corrected chi connectivity index (χ1v) is 6.20. The third kappa shape index (κ3) is 1.45. The van der Waals surface area contributed by atoms with Crippen molar-refractivity contribution >= 4 is 27.3 Å². The molecule has 2 aromatic heterocycles. The van der Waals surface area contributed by atoms with Crippen LogP contribution in [0, 0.1) is 13.8 Å². The Kier molecular flexibility index (Phi) is 2.19. The average molecular weight is 244 g/mol. The standard InChI is InChI=1S/C13H12N2OS/c1-7-5-3-4-6-9(7)11-13-12(16-15-11)10(14)8(2)17-13/h3-6H,14H2,1-2H3. The highest BCUT2D eigenvalue weighted by Crippen LogP contribution is 2.39. The maximum atomic E-state index is 5.94. The Morgan fingerprint density at radius 3 is 2.76 bits per heavy atom. The molecule has 3 nitrogen and oxygen atoms in total. The first kappa shape index (κ1) is 10.4. The molecule has 0 amide bonds. The average Bonchev–Trinajstić information content (AvgIpc) is 2.83. The number of nitrogens with zero attached hydrogens (tertiary/aromatic N) is 1. The number of thiophene rings is 1. The lowest BCUT2D eigenvalue weighted by Gasteiger charge is -1.99. The topological polar surface area (TPSA) is 52.0 Å². The molecule has 2 N–H and O–H groups in total. The lowest BCUT2D eigenvalue weighted by atomic mass is 10.1. The lowest BCUT2D eigenvalue weighted by Crippen LogP contribution is -1.82. The van der Waals surface area contributed by atoms with Crippen molar-refractivity contribution in [2.24, 2.45) is 0 Å². The van der Waals surface area contributed by atoms with E-state index in [0.29, 0.717) is 11.3 Å². The maximum Gasteiger partial charge on any atom is 0.201 e. The van der Waals surface area contributed by atoms with Gasteiger partial charge in [-0.05, 0) is 19.4 Å². The van der Waals surface area contributed by atoms with E-state index in [4.69, 9.17) is 10.3 Å². The van der Waals surface area contributed by atoms with Gasteiger partial charge in [0.2, 0.25) is 5.58 Å². The van der Waals surface area contributed by atoms with Crippen molar-refractivity contribution in [3.05, 3.63) is 34.7 Å². The van der Waals surface area contributed by atoms with E-state index >= 15 is 0 Å². The fourth-order valence-electron chi connectivity index (χ4n) is 1.93. The van der Waals surface area contributed by atoms with Crippen LogP contribution in [0.4, 0.5) is 5.69 Å². The quantitative estimate of drug-likeness (QED) is 0.709. The molecule has 3 rings (SSSR count). The van der Waals surface area contributed by atoms with Gasteiger partial charge < -0.3 is 10.3 Å². The molecule has 0 fully saturated rings.